The number of piperidine rings is 1. The van der Waals surface area contributed by atoms with Crippen LogP contribution in [0.3, 0.4) is 0 Å². The number of aliphatic hydroxyl groups is 2. The van der Waals surface area contributed by atoms with Crippen molar-refractivity contribution in [1.82, 2.24) is 4.67 Å². The van der Waals surface area contributed by atoms with Gasteiger partial charge >= 0.3 is 0 Å². The summed E-state index contributed by atoms with van der Waals surface area (Å²) >= 11 is 0. The lowest BCUT2D eigenvalue weighted by atomic mass is 9.90. The molecule has 3 atom stereocenters. The molecule has 112 valence electrons. The average molecular weight is 289 g/mol. The van der Waals surface area contributed by atoms with Gasteiger partial charge in [-0.25, -0.2) is 0 Å². The van der Waals surface area contributed by atoms with Crippen LogP contribution in [0.4, 0.5) is 0 Å². The van der Waals surface area contributed by atoms with Gasteiger partial charge in [-0.15, -0.1) is 0 Å². The van der Waals surface area contributed by atoms with Crippen molar-refractivity contribution >= 4 is 9.39 Å². The summed E-state index contributed by atoms with van der Waals surface area (Å²) < 4.78 is 7.90. The van der Waals surface area contributed by atoms with Gasteiger partial charge in [0.05, 0.1) is 18.8 Å². The van der Waals surface area contributed by atoms with E-state index in [0.717, 1.165) is 19.4 Å². The molecule has 2 N–H and O–H groups in total. The first-order valence-electron chi connectivity index (χ1n) is 7.62. The normalized spacial score (nSPS) is 35.8. The van der Waals surface area contributed by atoms with Crippen molar-refractivity contribution in [3.8, 4) is 0 Å². The van der Waals surface area contributed by atoms with Gasteiger partial charge in [0, 0.05) is 13.1 Å². The number of aliphatic hydroxyl groups excluding tert-OH is 1. The second-order valence-corrected chi connectivity index (χ2v) is 6.87. The van der Waals surface area contributed by atoms with Crippen molar-refractivity contribution in [2.45, 2.75) is 69.2 Å². The predicted molar refractivity (Wildman–Crippen MR) is 78.9 cm³/mol. The van der Waals surface area contributed by atoms with Crippen molar-refractivity contribution in [3.63, 3.8) is 0 Å². The molecular formula is C14H28NO3P. The molecule has 0 aromatic carbocycles. The molecule has 0 radical (unpaired) electrons. The summed E-state index contributed by atoms with van der Waals surface area (Å²) in [6.07, 6.45) is 8.73. The summed E-state index contributed by atoms with van der Waals surface area (Å²) in [6, 6.07) is 0. The van der Waals surface area contributed by atoms with Crippen LogP contribution < -0.4 is 0 Å². The van der Waals surface area contributed by atoms with E-state index in [1.165, 1.54) is 32.1 Å². The molecule has 0 spiro atoms. The van der Waals surface area contributed by atoms with Crippen molar-refractivity contribution < 1.29 is 14.9 Å². The van der Waals surface area contributed by atoms with Crippen LogP contribution in [0.1, 0.15) is 51.4 Å². The minimum atomic E-state index is -1.06. The Hall–Kier alpha value is 0.270. The smallest absolute Gasteiger partial charge is 0.116 e. The maximum Gasteiger partial charge on any atom is 0.116 e. The third kappa shape index (κ3) is 4.64. The van der Waals surface area contributed by atoms with E-state index in [4.69, 9.17) is 4.74 Å². The van der Waals surface area contributed by atoms with Crippen LogP contribution in [-0.2, 0) is 4.74 Å². The highest BCUT2D eigenvalue weighted by molar-refractivity contribution is 7.13. The van der Waals surface area contributed by atoms with Crippen molar-refractivity contribution in [2.75, 3.05) is 19.7 Å². The van der Waals surface area contributed by atoms with E-state index in [1.54, 1.807) is 0 Å². The lowest BCUT2D eigenvalue weighted by Crippen LogP contribution is -2.56. The number of β-amino-alcohol motifs (C(OH)–C–C–N with tert-alkyl or cyclic N) is 1. The zero-order valence-electron chi connectivity index (χ0n) is 11.8. The highest BCUT2D eigenvalue weighted by Crippen LogP contribution is 2.27. The van der Waals surface area contributed by atoms with E-state index in [0.29, 0.717) is 13.0 Å². The van der Waals surface area contributed by atoms with Gasteiger partial charge in [0.2, 0.25) is 0 Å². The highest BCUT2D eigenvalue weighted by atomic mass is 31.0. The van der Waals surface area contributed by atoms with Crippen LogP contribution in [0.5, 0.6) is 0 Å². The van der Waals surface area contributed by atoms with Crippen molar-refractivity contribution in [3.05, 3.63) is 0 Å². The Morgan fingerprint density at radius 3 is 2.42 bits per heavy atom. The van der Waals surface area contributed by atoms with Gasteiger partial charge in [-0.3, -0.25) is 4.67 Å². The zero-order chi connectivity index (χ0) is 13.7. The molecule has 19 heavy (non-hydrogen) atoms. The number of nitrogens with zero attached hydrogens (tertiary/aromatic N) is 1. The first-order chi connectivity index (χ1) is 9.10. The number of rotatable bonds is 3. The Morgan fingerprint density at radius 2 is 1.79 bits per heavy atom. The van der Waals surface area contributed by atoms with Crippen molar-refractivity contribution in [1.29, 1.82) is 0 Å². The largest absolute Gasteiger partial charge is 0.389 e. The molecule has 5 heteroatoms. The Balaban J connectivity index is 1.79. The van der Waals surface area contributed by atoms with E-state index in [1.807, 2.05) is 4.67 Å². The molecular weight excluding hydrogens is 261 g/mol. The summed E-state index contributed by atoms with van der Waals surface area (Å²) in [5.74, 6) is 0. The fraction of sp³-hybridized carbons (Fsp3) is 1.00. The molecule has 1 saturated carbocycles. The maximum absolute atomic E-state index is 10.5. The average Bonchev–Trinajstić information content (AvgIpc) is 2.33. The first kappa shape index (κ1) is 15.7. The van der Waals surface area contributed by atoms with Crippen molar-refractivity contribution in [2.24, 2.45) is 0 Å². The molecule has 1 unspecified atom stereocenters. The van der Waals surface area contributed by atoms with Gasteiger partial charge in [-0.2, -0.15) is 0 Å². The van der Waals surface area contributed by atoms with Gasteiger partial charge in [0.1, 0.15) is 5.60 Å². The van der Waals surface area contributed by atoms with Crippen LogP contribution in [0.25, 0.3) is 0 Å². The molecule has 1 heterocycles. The second-order valence-electron chi connectivity index (χ2n) is 6.14. The third-order valence-corrected chi connectivity index (χ3v) is 4.95. The molecule has 2 fully saturated rings. The predicted octanol–water partition coefficient (Wildman–Crippen LogP) is 1.70. The topological polar surface area (TPSA) is 52.9 Å². The number of hydrogen-bond donors (Lipinski definition) is 2. The molecule has 1 aliphatic carbocycles. The molecule has 1 saturated heterocycles. The van der Waals surface area contributed by atoms with E-state index in [2.05, 4.69) is 9.39 Å². The summed E-state index contributed by atoms with van der Waals surface area (Å²) in [5, 5.41) is 20.5. The fourth-order valence-corrected chi connectivity index (χ4v) is 3.33. The van der Waals surface area contributed by atoms with E-state index < -0.39 is 11.7 Å². The van der Waals surface area contributed by atoms with Crippen LogP contribution in [0.15, 0.2) is 0 Å². The van der Waals surface area contributed by atoms with E-state index in [9.17, 15) is 10.2 Å². The van der Waals surface area contributed by atoms with E-state index >= 15 is 0 Å². The van der Waals surface area contributed by atoms with Gasteiger partial charge in [-0.1, -0.05) is 41.5 Å². The van der Waals surface area contributed by atoms with Gasteiger partial charge in [0.25, 0.3) is 0 Å². The molecule has 1 aliphatic heterocycles. The zero-order valence-corrected chi connectivity index (χ0v) is 12.9. The Morgan fingerprint density at radius 1 is 1.16 bits per heavy atom. The monoisotopic (exact) mass is 289 g/mol. The third-order valence-electron chi connectivity index (χ3n) is 4.48. The van der Waals surface area contributed by atoms with Gasteiger partial charge in [-0.05, 0) is 19.3 Å². The highest BCUT2D eigenvalue weighted by Gasteiger charge is 2.40. The Kier molecular flexibility index (Phi) is 6.04. The maximum atomic E-state index is 10.5. The van der Waals surface area contributed by atoms with Crippen LogP contribution in [0.2, 0.25) is 0 Å². The summed E-state index contributed by atoms with van der Waals surface area (Å²) in [5.41, 5.74) is -1.06. The molecule has 2 aliphatic rings. The lowest BCUT2D eigenvalue weighted by molar-refractivity contribution is -0.156. The van der Waals surface area contributed by atoms with Gasteiger partial charge < -0.3 is 14.9 Å². The molecule has 4 nitrogen and oxygen atoms in total. The van der Waals surface area contributed by atoms with Crippen LogP contribution in [0, 0.1) is 0 Å². The lowest BCUT2D eigenvalue weighted by Gasteiger charge is -2.41. The summed E-state index contributed by atoms with van der Waals surface area (Å²) in [4.78, 5) is 0. The molecule has 0 bridgehead atoms. The Labute approximate surface area is 118 Å². The van der Waals surface area contributed by atoms with Gasteiger partial charge in [0.15, 0.2) is 0 Å². The standard InChI is InChI=1S/C14H28NO3P/c16-13-10-15(19)9-8-14(13,17)11-18-12-6-4-2-1-3-5-7-12/h12-13,16-17H,1-11,19H2/t13-,14-/m0/s1. The summed E-state index contributed by atoms with van der Waals surface area (Å²) in [6.45, 7) is 1.55. The SMILES string of the molecule is O[C@H]1CN(P)CC[C@]1(O)COC1CCCCCCC1. The fourth-order valence-electron chi connectivity index (χ4n) is 3.00. The second kappa shape index (κ2) is 7.33. The minimum Gasteiger partial charge on any atom is -0.389 e. The first-order valence-corrected chi connectivity index (χ1v) is 8.13. The van der Waals surface area contributed by atoms with E-state index in [-0.39, 0.29) is 12.7 Å². The quantitative estimate of drug-likeness (QED) is 0.777. The Bertz CT molecular complexity index is 271. The minimum absolute atomic E-state index is 0.269. The molecule has 0 amide bonds. The number of ether oxygens (including phenoxy) is 1. The number of hydrogen-bond acceptors (Lipinski definition) is 4. The molecule has 0 aromatic rings. The van der Waals surface area contributed by atoms with Crippen LogP contribution >= 0.6 is 9.39 Å². The summed E-state index contributed by atoms with van der Waals surface area (Å²) in [7, 11) is 2.58. The van der Waals surface area contributed by atoms with Crippen LogP contribution in [-0.4, -0.2) is 52.4 Å². The molecule has 0 aromatic heterocycles. The molecule has 2 rings (SSSR count).